The molecule has 2 unspecified atom stereocenters. The standard InChI is InChI=1S/C15H20N4O2/c1-10-9-21-11(8-20)7-19(10)14-12-5-3-4-6-13(12)17-15(16-2)18-14/h3-6,10-11,20H,7-9H2,1-2H3,(H,16,17,18). The van der Waals surface area contributed by atoms with Crippen molar-refractivity contribution in [1.29, 1.82) is 0 Å². The minimum atomic E-state index is -0.173. The van der Waals surface area contributed by atoms with E-state index in [0.717, 1.165) is 16.7 Å². The van der Waals surface area contributed by atoms with Crippen LogP contribution in [0.15, 0.2) is 24.3 Å². The number of hydrogen-bond acceptors (Lipinski definition) is 6. The molecule has 2 atom stereocenters. The summed E-state index contributed by atoms with van der Waals surface area (Å²) < 4.78 is 5.61. The molecule has 0 radical (unpaired) electrons. The van der Waals surface area contributed by atoms with E-state index in [9.17, 15) is 5.11 Å². The second-order valence-corrected chi connectivity index (χ2v) is 5.28. The van der Waals surface area contributed by atoms with E-state index in [1.54, 1.807) is 0 Å². The maximum absolute atomic E-state index is 9.36. The highest BCUT2D eigenvalue weighted by Gasteiger charge is 2.28. The predicted molar refractivity (Wildman–Crippen MR) is 82.7 cm³/mol. The predicted octanol–water partition coefficient (Wildman–Crippen LogP) is 1.26. The first-order valence-electron chi connectivity index (χ1n) is 7.16. The fraction of sp³-hybridized carbons (Fsp3) is 0.467. The van der Waals surface area contributed by atoms with Gasteiger partial charge in [-0.25, -0.2) is 4.98 Å². The normalized spacial score (nSPS) is 22.5. The first kappa shape index (κ1) is 14.0. The molecule has 0 amide bonds. The van der Waals surface area contributed by atoms with Crippen molar-refractivity contribution in [3.63, 3.8) is 0 Å². The van der Waals surface area contributed by atoms with Crippen LogP contribution >= 0.6 is 0 Å². The van der Waals surface area contributed by atoms with Gasteiger partial charge in [-0.1, -0.05) is 12.1 Å². The summed E-state index contributed by atoms with van der Waals surface area (Å²) in [5, 5.41) is 13.4. The lowest BCUT2D eigenvalue weighted by Gasteiger charge is -2.38. The second kappa shape index (κ2) is 5.83. The summed E-state index contributed by atoms with van der Waals surface area (Å²) in [5.41, 5.74) is 0.908. The monoisotopic (exact) mass is 288 g/mol. The molecule has 1 aliphatic heterocycles. The van der Waals surface area contributed by atoms with Gasteiger partial charge < -0.3 is 20.1 Å². The molecular weight excluding hydrogens is 268 g/mol. The van der Waals surface area contributed by atoms with Crippen LogP contribution in [0, 0.1) is 0 Å². The lowest BCUT2D eigenvalue weighted by Crippen LogP contribution is -2.50. The largest absolute Gasteiger partial charge is 0.394 e. The van der Waals surface area contributed by atoms with Crippen molar-refractivity contribution >= 4 is 22.7 Å². The first-order chi connectivity index (χ1) is 10.2. The molecule has 2 N–H and O–H groups in total. The van der Waals surface area contributed by atoms with Crippen molar-refractivity contribution in [1.82, 2.24) is 9.97 Å². The molecule has 2 heterocycles. The number of aliphatic hydroxyl groups is 1. The summed E-state index contributed by atoms with van der Waals surface area (Å²) in [4.78, 5) is 11.3. The summed E-state index contributed by atoms with van der Waals surface area (Å²) >= 11 is 0. The zero-order chi connectivity index (χ0) is 14.8. The van der Waals surface area contributed by atoms with E-state index in [1.807, 2.05) is 31.3 Å². The minimum absolute atomic E-state index is 0.0190. The van der Waals surface area contributed by atoms with Crippen molar-refractivity contribution in [2.75, 3.05) is 37.0 Å². The Kier molecular flexibility index (Phi) is 3.90. The van der Waals surface area contributed by atoms with Gasteiger partial charge in [0, 0.05) is 19.0 Å². The van der Waals surface area contributed by atoms with Crippen molar-refractivity contribution in [2.24, 2.45) is 0 Å². The van der Waals surface area contributed by atoms with Crippen LogP contribution in [0.25, 0.3) is 10.9 Å². The highest BCUT2D eigenvalue weighted by molar-refractivity contribution is 5.90. The van der Waals surface area contributed by atoms with Crippen LogP contribution in [0.3, 0.4) is 0 Å². The molecule has 1 aliphatic rings. The molecule has 0 spiro atoms. The second-order valence-electron chi connectivity index (χ2n) is 5.28. The van der Waals surface area contributed by atoms with Gasteiger partial charge in [-0.15, -0.1) is 0 Å². The molecule has 1 fully saturated rings. The highest BCUT2D eigenvalue weighted by atomic mass is 16.5. The van der Waals surface area contributed by atoms with Gasteiger partial charge in [0.2, 0.25) is 5.95 Å². The lowest BCUT2D eigenvalue weighted by molar-refractivity contribution is -0.0104. The summed E-state index contributed by atoms with van der Waals surface area (Å²) in [6.45, 7) is 3.33. The van der Waals surface area contributed by atoms with Gasteiger partial charge in [-0.3, -0.25) is 0 Å². The topological polar surface area (TPSA) is 70.5 Å². The van der Waals surface area contributed by atoms with Crippen LogP contribution in [0.1, 0.15) is 6.92 Å². The number of aliphatic hydroxyl groups excluding tert-OH is 1. The van der Waals surface area contributed by atoms with Gasteiger partial charge in [0.1, 0.15) is 5.82 Å². The Labute approximate surface area is 123 Å². The number of benzene rings is 1. The average molecular weight is 288 g/mol. The fourth-order valence-corrected chi connectivity index (χ4v) is 2.61. The van der Waals surface area contributed by atoms with Crippen LogP contribution in [0.2, 0.25) is 0 Å². The number of morpholine rings is 1. The van der Waals surface area contributed by atoms with Crippen LogP contribution in [-0.4, -0.2) is 54.0 Å². The number of para-hydroxylation sites is 1. The Morgan fingerprint density at radius 3 is 2.95 bits per heavy atom. The van der Waals surface area contributed by atoms with E-state index < -0.39 is 0 Å². The molecule has 3 rings (SSSR count). The molecule has 6 heteroatoms. The molecule has 1 aromatic heterocycles. The lowest BCUT2D eigenvalue weighted by atomic mass is 10.1. The van der Waals surface area contributed by atoms with Gasteiger partial charge in [0.05, 0.1) is 30.9 Å². The van der Waals surface area contributed by atoms with Crippen LogP contribution < -0.4 is 10.2 Å². The molecular formula is C15H20N4O2. The van der Waals surface area contributed by atoms with Gasteiger partial charge in [0.15, 0.2) is 0 Å². The zero-order valence-corrected chi connectivity index (χ0v) is 12.3. The number of anilines is 2. The number of nitrogens with one attached hydrogen (secondary N) is 1. The number of nitrogens with zero attached hydrogens (tertiary/aromatic N) is 3. The third-order valence-electron chi connectivity index (χ3n) is 3.79. The number of hydrogen-bond donors (Lipinski definition) is 2. The van der Waals surface area contributed by atoms with Gasteiger partial charge in [-0.05, 0) is 19.1 Å². The Morgan fingerprint density at radius 1 is 1.38 bits per heavy atom. The zero-order valence-electron chi connectivity index (χ0n) is 12.3. The van der Waals surface area contributed by atoms with E-state index in [-0.39, 0.29) is 18.8 Å². The number of aromatic nitrogens is 2. The summed E-state index contributed by atoms with van der Waals surface area (Å²) in [6, 6.07) is 8.17. The van der Waals surface area contributed by atoms with Crippen LogP contribution in [-0.2, 0) is 4.74 Å². The molecule has 1 aromatic carbocycles. The molecule has 112 valence electrons. The Bertz CT molecular complexity index is 634. The van der Waals surface area contributed by atoms with Crippen LogP contribution in [0.4, 0.5) is 11.8 Å². The molecule has 0 saturated carbocycles. The van der Waals surface area contributed by atoms with Crippen molar-refractivity contribution < 1.29 is 9.84 Å². The highest BCUT2D eigenvalue weighted by Crippen LogP contribution is 2.28. The third kappa shape index (κ3) is 2.64. The Hall–Kier alpha value is -1.92. The van der Waals surface area contributed by atoms with Gasteiger partial charge in [0.25, 0.3) is 0 Å². The molecule has 6 nitrogen and oxygen atoms in total. The Balaban J connectivity index is 2.09. The molecule has 2 aromatic rings. The van der Waals surface area contributed by atoms with Crippen LogP contribution in [0.5, 0.6) is 0 Å². The molecule has 21 heavy (non-hydrogen) atoms. The van der Waals surface area contributed by atoms with E-state index in [1.165, 1.54) is 0 Å². The average Bonchev–Trinajstić information content (AvgIpc) is 2.54. The van der Waals surface area contributed by atoms with Crippen molar-refractivity contribution in [3.8, 4) is 0 Å². The molecule has 1 saturated heterocycles. The van der Waals surface area contributed by atoms with E-state index >= 15 is 0 Å². The van der Waals surface area contributed by atoms with Crippen molar-refractivity contribution in [3.05, 3.63) is 24.3 Å². The molecule has 0 bridgehead atoms. The number of fused-ring (bicyclic) bond motifs is 1. The first-order valence-corrected chi connectivity index (χ1v) is 7.16. The van der Waals surface area contributed by atoms with Gasteiger partial charge >= 0.3 is 0 Å². The number of rotatable bonds is 3. The smallest absolute Gasteiger partial charge is 0.224 e. The summed E-state index contributed by atoms with van der Waals surface area (Å²) in [5.74, 6) is 1.49. The maximum atomic E-state index is 9.36. The quantitative estimate of drug-likeness (QED) is 0.886. The van der Waals surface area contributed by atoms with E-state index in [0.29, 0.717) is 19.1 Å². The Morgan fingerprint density at radius 2 is 2.19 bits per heavy atom. The third-order valence-corrected chi connectivity index (χ3v) is 3.79. The minimum Gasteiger partial charge on any atom is -0.394 e. The molecule has 0 aliphatic carbocycles. The summed E-state index contributed by atoms with van der Waals surface area (Å²) in [7, 11) is 1.81. The van der Waals surface area contributed by atoms with Crippen molar-refractivity contribution in [2.45, 2.75) is 19.1 Å². The SMILES string of the molecule is CNc1nc(N2CC(CO)OCC2C)c2ccccc2n1. The summed E-state index contributed by atoms with van der Waals surface area (Å²) in [6.07, 6.45) is -0.173. The van der Waals surface area contributed by atoms with E-state index in [2.05, 4.69) is 27.1 Å². The number of ether oxygens (including phenoxy) is 1. The fourth-order valence-electron chi connectivity index (χ4n) is 2.61. The van der Waals surface area contributed by atoms with Gasteiger partial charge in [-0.2, -0.15) is 4.98 Å². The maximum Gasteiger partial charge on any atom is 0.224 e. The van der Waals surface area contributed by atoms with E-state index in [4.69, 9.17) is 4.74 Å².